The Morgan fingerprint density at radius 2 is 1.10 bits per heavy atom. The minimum atomic E-state index is -0.332. The average Bonchev–Trinajstić information content (AvgIpc) is 3.98. The van der Waals surface area contributed by atoms with Crippen molar-refractivity contribution < 1.29 is 18.2 Å². The predicted molar refractivity (Wildman–Crippen MR) is 244 cm³/mol. The number of para-hydroxylation sites is 4. The van der Waals surface area contributed by atoms with E-state index >= 15 is 0 Å². The lowest BCUT2D eigenvalue weighted by Gasteiger charge is -2.33. The molecule has 5 heterocycles. The third-order valence-electron chi connectivity index (χ3n) is 12.7. The van der Waals surface area contributed by atoms with Gasteiger partial charge in [0.15, 0.2) is 0 Å². The fourth-order valence-electron chi connectivity index (χ4n) is 10.0. The van der Waals surface area contributed by atoms with Gasteiger partial charge in [0.25, 0.3) is 0 Å². The summed E-state index contributed by atoms with van der Waals surface area (Å²) in [6.07, 6.45) is 0. The number of aromatic nitrogens is 1. The molecule has 9 aromatic carbocycles. The molecule has 6 heteroatoms. The first-order valence-corrected chi connectivity index (χ1v) is 20.3. The van der Waals surface area contributed by atoms with Gasteiger partial charge in [0.2, 0.25) is 0 Å². The number of hydrogen-bond acceptors (Lipinski definition) is 4. The Bertz CT molecular complexity index is 3760. The minimum absolute atomic E-state index is 0.332. The smallest absolute Gasteiger partial charge is 0.434 e. The van der Waals surface area contributed by atoms with Gasteiger partial charge in [0.05, 0.1) is 16.4 Å². The fourth-order valence-corrected chi connectivity index (χ4v) is 10.0. The number of furan rings is 2. The monoisotopic (exact) mass is 767 g/mol. The van der Waals surface area contributed by atoms with Gasteiger partial charge >= 0.3 is 6.92 Å². The van der Waals surface area contributed by atoms with E-state index in [0.717, 1.165) is 111 Å². The number of fused-ring (bicyclic) bond motifs is 14. The molecule has 278 valence electrons. The summed E-state index contributed by atoms with van der Waals surface area (Å²) in [6.45, 7) is -0.332. The van der Waals surface area contributed by atoms with Crippen molar-refractivity contribution in [2.45, 2.75) is 0 Å². The molecule has 60 heavy (non-hydrogen) atoms. The Morgan fingerprint density at radius 3 is 1.98 bits per heavy atom. The first-order valence-electron chi connectivity index (χ1n) is 20.3. The van der Waals surface area contributed by atoms with E-state index in [-0.39, 0.29) is 6.92 Å². The van der Waals surface area contributed by atoms with Gasteiger partial charge in [-0.2, -0.15) is 0 Å². The van der Waals surface area contributed by atoms with Gasteiger partial charge in [-0.3, -0.25) is 0 Å². The lowest BCUT2D eigenvalue weighted by Crippen LogP contribution is -2.53. The van der Waals surface area contributed by atoms with E-state index < -0.39 is 0 Å². The van der Waals surface area contributed by atoms with Crippen molar-refractivity contribution in [3.8, 4) is 56.3 Å². The number of nitrogens with zero attached hydrogens (tertiary/aromatic N) is 1. The molecule has 5 nitrogen and oxygen atoms in total. The first-order chi connectivity index (χ1) is 29.7. The molecule has 0 saturated carbocycles. The molecule has 0 spiro atoms. The molecule has 0 N–H and O–H groups in total. The summed E-state index contributed by atoms with van der Waals surface area (Å²) in [5.41, 5.74) is 15.2. The Morgan fingerprint density at radius 1 is 0.400 bits per heavy atom. The summed E-state index contributed by atoms with van der Waals surface area (Å²) in [6, 6.07) is 64.0. The van der Waals surface area contributed by atoms with Crippen molar-refractivity contribution in [2.24, 2.45) is 0 Å². The van der Waals surface area contributed by atoms with E-state index in [4.69, 9.17) is 18.2 Å². The Kier molecular flexibility index (Phi) is 6.31. The zero-order chi connectivity index (χ0) is 39.1. The van der Waals surface area contributed by atoms with Gasteiger partial charge in [-0.05, 0) is 101 Å². The molecule has 0 radical (unpaired) electrons. The standard InChI is InChI=1S/C54H30BNO4/c1-5-18-43-36(13-1)37-14-2-6-19-44(37)56(43)34-12-9-11-31(27-34)32-23-25-42-49(29-32)58-50-30-33(28-41-39-16-4-8-21-46(39)60-55(42)53(41)50)35-17-10-22-47-51(35)52-48(57-47)26-24-40-38-15-3-7-20-45(38)59-54(40)52/h1-30H. The molecule has 0 atom stereocenters. The van der Waals surface area contributed by atoms with Crippen molar-refractivity contribution in [2.75, 3.05) is 0 Å². The van der Waals surface area contributed by atoms with Crippen molar-refractivity contribution >= 4 is 83.5 Å². The number of ether oxygens (including phenoxy) is 1. The molecule has 0 bridgehead atoms. The normalized spacial score (nSPS) is 12.9. The lowest BCUT2D eigenvalue weighted by atomic mass is 9.50. The van der Waals surface area contributed by atoms with Crippen LogP contribution in [-0.2, 0) is 0 Å². The van der Waals surface area contributed by atoms with Gasteiger partial charge in [-0.1, -0.05) is 109 Å². The molecule has 2 aliphatic rings. The highest BCUT2D eigenvalue weighted by molar-refractivity contribution is 6.84. The highest BCUT2D eigenvalue weighted by atomic mass is 16.5. The fraction of sp³-hybridized carbons (Fsp3) is 0. The molecule has 0 aliphatic carbocycles. The molecular weight excluding hydrogens is 737 g/mol. The van der Waals surface area contributed by atoms with Crippen LogP contribution in [0.15, 0.2) is 191 Å². The van der Waals surface area contributed by atoms with Crippen molar-refractivity contribution in [1.29, 1.82) is 0 Å². The number of benzene rings is 9. The molecule has 0 fully saturated rings. The van der Waals surface area contributed by atoms with Crippen LogP contribution < -0.4 is 20.3 Å². The topological polar surface area (TPSA) is 49.7 Å². The maximum Gasteiger partial charge on any atom is 0.434 e. The van der Waals surface area contributed by atoms with Crippen LogP contribution in [0.4, 0.5) is 0 Å². The molecule has 14 rings (SSSR count). The van der Waals surface area contributed by atoms with E-state index in [1.807, 2.05) is 24.3 Å². The average molecular weight is 768 g/mol. The number of rotatable bonds is 3. The summed E-state index contributed by atoms with van der Waals surface area (Å²) in [5.74, 6) is 2.42. The van der Waals surface area contributed by atoms with Crippen LogP contribution in [0, 0.1) is 0 Å². The maximum absolute atomic E-state index is 7.05. The third kappa shape index (κ3) is 4.37. The van der Waals surface area contributed by atoms with Crippen LogP contribution in [0.5, 0.6) is 17.2 Å². The highest BCUT2D eigenvalue weighted by Gasteiger charge is 2.41. The zero-order valence-corrected chi connectivity index (χ0v) is 32.0. The summed E-state index contributed by atoms with van der Waals surface area (Å²) in [5, 5.41) is 6.64. The predicted octanol–water partition coefficient (Wildman–Crippen LogP) is 13.2. The summed E-state index contributed by atoms with van der Waals surface area (Å²) < 4.78 is 29.4. The van der Waals surface area contributed by atoms with E-state index in [1.165, 1.54) is 21.8 Å². The van der Waals surface area contributed by atoms with Crippen LogP contribution in [-0.4, -0.2) is 11.5 Å². The zero-order valence-electron chi connectivity index (χ0n) is 32.0. The van der Waals surface area contributed by atoms with Gasteiger partial charge in [0, 0.05) is 49.1 Å². The molecular formula is C54H30BNO4. The van der Waals surface area contributed by atoms with E-state index in [1.54, 1.807) is 0 Å². The van der Waals surface area contributed by atoms with Gasteiger partial charge < -0.3 is 22.8 Å². The van der Waals surface area contributed by atoms with Crippen LogP contribution >= 0.6 is 0 Å². The minimum Gasteiger partial charge on any atom is -0.551 e. The van der Waals surface area contributed by atoms with Crippen LogP contribution in [0.3, 0.4) is 0 Å². The quantitative estimate of drug-likeness (QED) is 0.168. The van der Waals surface area contributed by atoms with Crippen LogP contribution in [0.2, 0.25) is 0 Å². The Labute approximate surface area is 343 Å². The summed E-state index contributed by atoms with van der Waals surface area (Å²) >= 11 is 0. The van der Waals surface area contributed by atoms with Crippen LogP contribution in [0.1, 0.15) is 0 Å². The molecule has 0 saturated heterocycles. The molecule has 3 aromatic heterocycles. The van der Waals surface area contributed by atoms with Crippen LogP contribution in [0.25, 0.3) is 105 Å². The van der Waals surface area contributed by atoms with E-state index in [2.05, 4.69) is 162 Å². The molecule has 0 amide bonds. The summed E-state index contributed by atoms with van der Waals surface area (Å²) in [7, 11) is 0. The third-order valence-corrected chi connectivity index (χ3v) is 12.7. The van der Waals surface area contributed by atoms with E-state index in [9.17, 15) is 0 Å². The maximum atomic E-state index is 7.05. The first kappa shape index (κ1) is 32.1. The molecule has 2 aliphatic heterocycles. The van der Waals surface area contributed by atoms with Gasteiger partial charge in [-0.25, -0.2) is 0 Å². The lowest BCUT2D eigenvalue weighted by molar-refractivity contribution is 0.480. The van der Waals surface area contributed by atoms with E-state index in [0.29, 0.717) is 0 Å². The second-order valence-electron chi connectivity index (χ2n) is 15.9. The SMILES string of the molecule is c1cc(-c2ccc3c(c2)Oc2cc(-c4cccc5oc6ccc7c8ccccc8oc7c6c45)cc4c2B3Oc2ccccc2-4)cc(-n2c3ccccc3c3ccccc32)c1. The highest BCUT2D eigenvalue weighted by Crippen LogP contribution is 2.46. The van der Waals surface area contributed by atoms with Crippen molar-refractivity contribution in [3.05, 3.63) is 182 Å². The largest absolute Gasteiger partial charge is 0.551 e. The van der Waals surface area contributed by atoms with Gasteiger partial charge in [0.1, 0.15) is 39.6 Å². The molecule has 12 aromatic rings. The number of hydrogen-bond donors (Lipinski definition) is 0. The Balaban J connectivity index is 0.942. The second kappa shape index (κ2) is 11.8. The van der Waals surface area contributed by atoms with Crippen molar-refractivity contribution in [3.63, 3.8) is 0 Å². The van der Waals surface area contributed by atoms with Gasteiger partial charge in [-0.15, -0.1) is 0 Å². The summed E-state index contributed by atoms with van der Waals surface area (Å²) in [4.78, 5) is 0. The molecule has 0 unspecified atom stereocenters. The Hall–Kier alpha value is -7.96. The second-order valence-corrected chi connectivity index (χ2v) is 15.9. The van der Waals surface area contributed by atoms with Crippen molar-refractivity contribution in [1.82, 2.24) is 4.57 Å².